The molecule has 0 bridgehead atoms. The maximum absolute atomic E-state index is 12.9. The Hall–Kier alpha value is -1.74. The average Bonchev–Trinajstić information content (AvgIpc) is 2.55. The van der Waals surface area contributed by atoms with Gasteiger partial charge in [0.05, 0.1) is 4.90 Å². The van der Waals surface area contributed by atoms with E-state index in [-0.39, 0.29) is 17.9 Å². The van der Waals surface area contributed by atoms with Gasteiger partial charge in [0, 0.05) is 6.54 Å². The lowest BCUT2D eigenvalue weighted by molar-refractivity contribution is 0.340. The van der Waals surface area contributed by atoms with Gasteiger partial charge in [-0.05, 0) is 24.1 Å². The van der Waals surface area contributed by atoms with Gasteiger partial charge in [0.15, 0.2) is 5.37 Å². The zero-order valence-electron chi connectivity index (χ0n) is 13.1. The molecule has 1 atom stereocenters. The van der Waals surface area contributed by atoms with Crippen LogP contribution in [0.4, 0.5) is 0 Å². The maximum atomic E-state index is 12.9. The molecule has 0 spiro atoms. The van der Waals surface area contributed by atoms with Crippen LogP contribution in [0.25, 0.3) is 0 Å². The number of rotatable bonds is 7. The number of hydrogen-bond donors (Lipinski definition) is 1. The van der Waals surface area contributed by atoms with Gasteiger partial charge in [-0.3, -0.25) is 4.55 Å². The van der Waals surface area contributed by atoms with Crippen molar-refractivity contribution in [3.8, 4) is 0 Å². The van der Waals surface area contributed by atoms with Crippen molar-refractivity contribution >= 4 is 20.1 Å². The monoisotopic (exact) mass is 369 g/mol. The highest BCUT2D eigenvalue weighted by Crippen LogP contribution is 2.24. The Labute approximate surface area is 142 Å². The van der Waals surface area contributed by atoms with Crippen LogP contribution in [-0.4, -0.2) is 31.1 Å². The van der Waals surface area contributed by atoms with Crippen molar-refractivity contribution in [2.45, 2.75) is 30.2 Å². The Bertz CT molecular complexity index is 865. The third-order valence-electron chi connectivity index (χ3n) is 3.55. The summed E-state index contributed by atoms with van der Waals surface area (Å²) in [6.45, 7) is 1.35. The second kappa shape index (κ2) is 7.43. The molecule has 0 radical (unpaired) electrons. The third kappa shape index (κ3) is 4.21. The molecule has 8 heteroatoms. The SMILES string of the molecule is CCC(N(Cc1ccccc1)S(=O)(=O)c1ccccc1)S(=O)(=O)O. The molecule has 0 aliphatic rings. The van der Waals surface area contributed by atoms with Gasteiger partial charge in [-0.15, -0.1) is 0 Å². The minimum Gasteiger partial charge on any atom is -0.284 e. The Morgan fingerprint density at radius 2 is 1.42 bits per heavy atom. The first-order valence-corrected chi connectivity index (χ1v) is 10.3. The second-order valence-electron chi connectivity index (χ2n) is 5.23. The summed E-state index contributed by atoms with van der Waals surface area (Å²) in [4.78, 5) is -0.0250. The van der Waals surface area contributed by atoms with E-state index in [1.54, 1.807) is 48.5 Å². The van der Waals surface area contributed by atoms with Crippen LogP contribution in [-0.2, 0) is 26.7 Å². The van der Waals surface area contributed by atoms with Gasteiger partial charge in [-0.1, -0.05) is 55.5 Å². The largest absolute Gasteiger partial charge is 0.284 e. The molecule has 0 heterocycles. The van der Waals surface area contributed by atoms with Crippen LogP contribution in [0.2, 0.25) is 0 Å². The van der Waals surface area contributed by atoms with Crippen LogP contribution in [0.1, 0.15) is 18.9 Å². The van der Waals surface area contributed by atoms with Crippen LogP contribution in [0.3, 0.4) is 0 Å². The van der Waals surface area contributed by atoms with E-state index in [4.69, 9.17) is 0 Å². The van der Waals surface area contributed by atoms with Crippen molar-refractivity contribution in [2.75, 3.05) is 0 Å². The van der Waals surface area contributed by atoms with Gasteiger partial charge in [0.2, 0.25) is 10.0 Å². The van der Waals surface area contributed by atoms with E-state index in [0.29, 0.717) is 5.56 Å². The molecule has 6 nitrogen and oxygen atoms in total. The summed E-state index contributed by atoms with van der Waals surface area (Å²) in [5.74, 6) is 0. The fourth-order valence-corrected chi connectivity index (χ4v) is 5.40. The lowest BCUT2D eigenvalue weighted by Gasteiger charge is -2.28. The lowest BCUT2D eigenvalue weighted by Crippen LogP contribution is -2.43. The topological polar surface area (TPSA) is 91.8 Å². The van der Waals surface area contributed by atoms with E-state index >= 15 is 0 Å². The Morgan fingerprint density at radius 1 is 0.917 bits per heavy atom. The lowest BCUT2D eigenvalue weighted by atomic mass is 10.2. The molecule has 2 rings (SSSR count). The summed E-state index contributed by atoms with van der Waals surface area (Å²) in [7, 11) is -8.68. The molecular weight excluding hydrogens is 350 g/mol. The Morgan fingerprint density at radius 3 is 1.88 bits per heavy atom. The van der Waals surface area contributed by atoms with Crippen LogP contribution in [0.5, 0.6) is 0 Å². The molecule has 1 N–H and O–H groups in total. The number of nitrogens with zero attached hydrogens (tertiary/aromatic N) is 1. The molecule has 0 saturated carbocycles. The van der Waals surface area contributed by atoms with Gasteiger partial charge in [0.25, 0.3) is 10.1 Å². The third-order valence-corrected chi connectivity index (χ3v) is 6.82. The zero-order chi connectivity index (χ0) is 17.8. The summed E-state index contributed by atoms with van der Waals surface area (Å²) >= 11 is 0. The molecular formula is C16H19NO5S2. The van der Waals surface area contributed by atoms with Gasteiger partial charge in [-0.2, -0.15) is 12.7 Å². The highest BCUT2D eigenvalue weighted by molar-refractivity contribution is 7.91. The Kier molecular flexibility index (Phi) is 5.76. The van der Waals surface area contributed by atoms with Crippen LogP contribution in [0.15, 0.2) is 65.6 Å². The molecule has 2 aromatic rings. The van der Waals surface area contributed by atoms with E-state index in [0.717, 1.165) is 4.31 Å². The van der Waals surface area contributed by atoms with Crippen molar-refractivity contribution < 1.29 is 21.4 Å². The standard InChI is InChI=1S/C16H19NO5S2/c1-2-16(24(20,21)22)17(13-14-9-5-3-6-10-14)23(18,19)15-11-7-4-8-12-15/h3-12,16H,2,13H2,1H3,(H,20,21,22). The molecule has 0 fully saturated rings. The minimum absolute atomic E-state index is 0.0250. The number of hydrogen-bond acceptors (Lipinski definition) is 4. The van der Waals surface area contributed by atoms with Crippen LogP contribution in [0, 0.1) is 0 Å². The van der Waals surface area contributed by atoms with Gasteiger partial charge in [0.1, 0.15) is 0 Å². The second-order valence-corrected chi connectivity index (χ2v) is 8.69. The number of sulfonamides is 1. The molecule has 1 unspecified atom stereocenters. The van der Waals surface area contributed by atoms with Gasteiger partial charge >= 0.3 is 0 Å². The summed E-state index contributed by atoms with van der Waals surface area (Å²) < 4.78 is 59.6. The van der Waals surface area contributed by atoms with E-state index in [1.165, 1.54) is 19.1 Å². The molecule has 0 amide bonds. The van der Waals surface area contributed by atoms with Crippen LogP contribution >= 0.6 is 0 Å². The summed E-state index contributed by atoms with van der Waals surface area (Å²) in [5, 5.41) is -1.55. The fourth-order valence-electron chi connectivity index (χ4n) is 2.40. The number of benzene rings is 2. The molecule has 130 valence electrons. The van der Waals surface area contributed by atoms with Crippen molar-refractivity contribution in [3.63, 3.8) is 0 Å². The molecule has 0 aliphatic heterocycles. The van der Waals surface area contributed by atoms with Gasteiger partial charge in [-0.25, -0.2) is 8.42 Å². The first kappa shape index (κ1) is 18.6. The Balaban J connectivity index is 2.54. The van der Waals surface area contributed by atoms with Crippen molar-refractivity contribution in [1.82, 2.24) is 4.31 Å². The van der Waals surface area contributed by atoms with E-state index < -0.39 is 25.5 Å². The molecule has 24 heavy (non-hydrogen) atoms. The van der Waals surface area contributed by atoms with E-state index in [9.17, 15) is 21.4 Å². The average molecular weight is 369 g/mol. The normalized spacial score (nSPS) is 13.8. The van der Waals surface area contributed by atoms with E-state index in [2.05, 4.69) is 0 Å². The van der Waals surface area contributed by atoms with Crippen molar-refractivity contribution in [2.24, 2.45) is 0 Å². The predicted molar refractivity (Wildman–Crippen MR) is 91.2 cm³/mol. The quantitative estimate of drug-likeness (QED) is 0.757. The summed E-state index contributed by atoms with van der Waals surface area (Å²) in [5.41, 5.74) is 0.624. The van der Waals surface area contributed by atoms with E-state index in [1.807, 2.05) is 0 Å². The fraction of sp³-hybridized carbons (Fsp3) is 0.250. The molecule has 0 aliphatic carbocycles. The molecule has 0 saturated heterocycles. The van der Waals surface area contributed by atoms with Crippen molar-refractivity contribution in [3.05, 3.63) is 66.2 Å². The first-order chi connectivity index (χ1) is 11.3. The summed E-state index contributed by atoms with van der Waals surface area (Å²) in [6.07, 6.45) is -0.0717. The predicted octanol–water partition coefficient (Wildman–Crippen LogP) is 2.50. The highest BCUT2D eigenvalue weighted by atomic mass is 32.2. The zero-order valence-corrected chi connectivity index (χ0v) is 14.7. The smallest absolute Gasteiger partial charge is 0.282 e. The van der Waals surface area contributed by atoms with Crippen molar-refractivity contribution in [1.29, 1.82) is 0 Å². The van der Waals surface area contributed by atoms with Crippen LogP contribution < -0.4 is 0 Å². The summed E-state index contributed by atoms with van der Waals surface area (Å²) in [6, 6.07) is 16.2. The first-order valence-electron chi connectivity index (χ1n) is 7.34. The maximum Gasteiger partial charge on any atom is 0.282 e. The highest BCUT2D eigenvalue weighted by Gasteiger charge is 2.37. The van der Waals surface area contributed by atoms with Gasteiger partial charge < -0.3 is 0 Å². The molecule has 0 aromatic heterocycles. The molecule has 2 aromatic carbocycles. The minimum atomic E-state index is -4.58.